The molecule has 1 unspecified atom stereocenters. The molecule has 1 fully saturated rings. The van der Waals surface area contributed by atoms with Crippen molar-refractivity contribution < 1.29 is 9.72 Å². The fourth-order valence-electron chi connectivity index (χ4n) is 3.19. The first-order valence-electron chi connectivity index (χ1n) is 9.02. The fourth-order valence-corrected chi connectivity index (χ4v) is 4.22. The van der Waals surface area contributed by atoms with Gasteiger partial charge in [-0.2, -0.15) is 4.68 Å². The Morgan fingerprint density at radius 1 is 1.14 bits per heavy atom. The Bertz CT molecular complexity index is 1100. The SMILES string of the molecule is Cc1ccc(-n2nnnc2SC2CCN(c3cccc([N+](=O)[O-])c3)C2=O)cc1C. The summed E-state index contributed by atoms with van der Waals surface area (Å²) in [5.41, 5.74) is 3.63. The summed E-state index contributed by atoms with van der Waals surface area (Å²) in [6, 6.07) is 12.1. The van der Waals surface area contributed by atoms with Gasteiger partial charge >= 0.3 is 0 Å². The Hall–Kier alpha value is -3.27. The topological polar surface area (TPSA) is 107 Å². The van der Waals surface area contributed by atoms with Crippen LogP contribution in [0.1, 0.15) is 17.5 Å². The van der Waals surface area contributed by atoms with Crippen LogP contribution in [0.25, 0.3) is 5.69 Å². The Balaban J connectivity index is 1.54. The largest absolute Gasteiger partial charge is 0.311 e. The average molecular weight is 410 g/mol. The molecule has 1 aliphatic heterocycles. The molecule has 0 N–H and O–H groups in total. The smallest absolute Gasteiger partial charge is 0.271 e. The van der Waals surface area contributed by atoms with Crippen LogP contribution in [-0.2, 0) is 4.79 Å². The van der Waals surface area contributed by atoms with Gasteiger partial charge in [0.15, 0.2) is 0 Å². The van der Waals surface area contributed by atoms with Gasteiger partial charge in [0.2, 0.25) is 11.1 Å². The summed E-state index contributed by atoms with van der Waals surface area (Å²) in [5.74, 6) is -0.106. The van der Waals surface area contributed by atoms with Crippen molar-refractivity contribution in [1.29, 1.82) is 0 Å². The molecule has 0 saturated carbocycles. The summed E-state index contributed by atoms with van der Waals surface area (Å²) in [7, 11) is 0. The van der Waals surface area contributed by atoms with Gasteiger partial charge in [-0.1, -0.05) is 23.9 Å². The quantitative estimate of drug-likeness (QED) is 0.470. The Morgan fingerprint density at radius 2 is 1.97 bits per heavy atom. The highest BCUT2D eigenvalue weighted by molar-refractivity contribution is 8.00. The third-order valence-corrected chi connectivity index (χ3v) is 6.12. The third-order valence-electron chi connectivity index (χ3n) is 4.93. The number of carbonyl (C=O) groups excluding carboxylic acids is 1. The molecule has 148 valence electrons. The monoisotopic (exact) mass is 410 g/mol. The Morgan fingerprint density at radius 3 is 2.72 bits per heavy atom. The van der Waals surface area contributed by atoms with Crippen molar-refractivity contribution in [1.82, 2.24) is 20.2 Å². The number of nitro groups is 1. The van der Waals surface area contributed by atoms with E-state index >= 15 is 0 Å². The number of hydrogen-bond acceptors (Lipinski definition) is 7. The van der Waals surface area contributed by atoms with Gasteiger partial charge in [0.25, 0.3) is 5.69 Å². The number of carbonyl (C=O) groups is 1. The van der Waals surface area contributed by atoms with E-state index in [9.17, 15) is 14.9 Å². The molecule has 2 aromatic carbocycles. The molecule has 0 bridgehead atoms. The third kappa shape index (κ3) is 3.70. The number of nitrogens with zero attached hydrogens (tertiary/aromatic N) is 6. The first-order valence-corrected chi connectivity index (χ1v) is 9.90. The second-order valence-corrected chi connectivity index (χ2v) is 7.97. The molecule has 3 aromatic rings. The number of aromatic nitrogens is 4. The molecule has 0 radical (unpaired) electrons. The van der Waals surface area contributed by atoms with Gasteiger partial charge in [-0.05, 0) is 60.0 Å². The van der Waals surface area contributed by atoms with Crippen LogP contribution >= 0.6 is 11.8 Å². The van der Waals surface area contributed by atoms with E-state index in [-0.39, 0.29) is 16.8 Å². The van der Waals surface area contributed by atoms with E-state index in [2.05, 4.69) is 15.5 Å². The number of nitro benzene ring substituents is 1. The molecule has 4 rings (SSSR count). The number of non-ortho nitro benzene ring substituents is 1. The summed E-state index contributed by atoms with van der Waals surface area (Å²) in [4.78, 5) is 25.0. The van der Waals surface area contributed by atoms with Crippen molar-refractivity contribution in [3.8, 4) is 5.69 Å². The molecule has 1 saturated heterocycles. The highest BCUT2D eigenvalue weighted by Crippen LogP contribution is 2.33. The molecule has 0 aliphatic carbocycles. The van der Waals surface area contributed by atoms with Gasteiger partial charge in [0, 0.05) is 18.7 Å². The van der Waals surface area contributed by atoms with Crippen molar-refractivity contribution >= 4 is 29.0 Å². The molecular weight excluding hydrogens is 392 g/mol. The lowest BCUT2D eigenvalue weighted by Crippen LogP contribution is -2.28. The maximum Gasteiger partial charge on any atom is 0.271 e. The zero-order valence-electron chi connectivity index (χ0n) is 15.8. The summed E-state index contributed by atoms with van der Waals surface area (Å²) < 4.78 is 1.63. The minimum Gasteiger partial charge on any atom is -0.311 e. The average Bonchev–Trinajstić information content (AvgIpc) is 3.31. The first kappa shape index (κ1) is 19.1. The zero-order valence-corrected chi connectivity index (χ0v) is 16.7. The van der Waals surface area contributed by atoms with Crippen LogP contribution in [0, 0.1) is 24.0 Å². The minimum atomic E-state index is -0.464. The number of anilines is 1. The minimum absolute atomic E-state index is 0.0370. The number of tetrazole rings is 1. The molecule has 1 atom stereocenters. The Kier molecular flexibility index (Phi) is 5.01. The maximum absolute atomic E-state index is 12.9. The van der Waals surface area contributed by atoms with E-state index in [0.717, 1.165) is 11.3 Å². The molecule has 0 spiro atoms. The van der Waals surface area contributed by atoms with Gasteiger partial charge < -0.3 is 4.90 Å². The van der Waals surface area contributed by atoms with Crippen LogP contribution in [-0.4, -0.2) is 42.8 Å². The van der Waals surface area contributed by atoms with Crippen LogP contribution in [0.5, 0.6) is 0 Å². The van der Waals surface area contributed by atoms with Gasteiger partial charge in [0.05, 0.1) is 21.5 Å². The predicted octanol–water partition coefficient (Wildman–Crippen LogP) is 3.08. The molecule has 1 amide bonds. The van der Waals surface area contributed by atoms with Crippen molar-refractivity contribution in [2.45, 2.75) is 30.7 Å². The molecule has 10 heteroatoms. The number of rotatable bonds is 5. The number of aryl methyl sites for hydroxylation is 2. The van der Waals surface area contributed by atoms with Crippen molar-refractivity contribution in [3.05, 3.63) is 63.7 Å². The van der Waals surface area contributed by atoms with E-state index in [0.29, 0.717) is 23.8 Å². The first-order chi connectivity index (χ1) is 13.9. The molecule has 1 aliphatic rings. The van der Waals surface area contributed by atoms with Crippen molar-refractivity contribution in [2.75, 3.05) is 11.4 Å². The van der Waals surface area contributed by atoms with Crippen LogP contribution in [0.15, 0.2) is 47.6 Å². The maximum atomic E-state index is 12.9. The number of hydrogen-bond donors (Lipinski definition) is 0. The van der Waals surface area contributed by atoms with Gasteiger partial charge in [0.1, 0.15) is 0 Å². The van der Waals surface area contributed by atoms with Crippen LogP contribution in [0.4, 0.5) is 11.4 Å². The lowest BCUT2D eigenvalue weighted by atomic mass is 10.1. The summed E-state index contributed by atoms with van der Waals surface area (Å²) in [6.45, 7) is 4.55. The highest BCUT2D eigenvalue weighted by Gasteiger charge is 2.35. The van der Waals surface area contributed by atoms with Gasteiger partial charge in [-0.25, -0.2) is 0 Å². The van der Waals surface area contributed by atoms with E-state index in [1.54, 1.807) is 21.7 Å². The lowest BCUT2D eigenvalue weighted by Gasteiger charge is -2.16. The van der Waals surface area contributed by atoms with E-state index < -0.39 is 4.92 Å². The van der Waals surface area contributed by atoms with Crippen LogP contribution in [0.2, 0.25) is 0 Å². The summed E-state index contributed by atoms with van der Waals surface area (Å²) in [6.07, 6.45) is 0.603. The molecule has 1 aromatic heterocycles. The normalized spacial score (nSPS) is 16.4. The lowest BCUT2D eigenvalue weighted by molar-refractivity contribution is -0.384. The fraction of sp³-hybridized carbons (Fsp3) is 0.263. The van der Waals surface area contributed by atoms with Gasteiger partial charge in [-0.3, -0.25) is 14.9 Å². The number of benzene rings is 2. The van der Waals surface area contributed by atoms with E-state index in [1.807, 2.05) is 32.0 Å². The van der Waals surface area contributed by atoms with Crippen molar-refractivity contribution in [2.24, 2.45) is 0 Å². The number of thioether (sulfide) groups is 1. The van der Waals surface area contributed by atoms with E-state index in [1.165, 1.54) is 29.5 Å². The molecular formula is C19H18N6O3S. The zero-order chi connectivity index (χ0) is 20.5. The highest BCUT2D eigenvalue weighted by atomic mass is 32.2. The van der Waals surface area contributed by atoms with Crippen molar-refractivity contribution in [3.63, 3.8) is 0 Å². The summed E-state index contributed by atoms with van der Waals surface area (Å²) in [5, 5.41) is 23.1. The van der Waals surface area contributed by atoms with Crippen LogP contribution < -0.4 is 4.90 Å². The molecule has 29 heavy (non-hydrogen) atoms. The van der Waals surface area contributed by atoms with Crippen LogP contribution in [0.3, 0.4) is 0 Å². The number of amides is 1. The molecule has 9 nitrogen and oxygen atoms in total. The van der Waals surface area contributed by atoms with Gasteiger partial charge in [-0.15, -0.1) is 5.10 Å². The second kappa shape index (κ2) is 7.63. The molecule has 2 heterocycles. The second-order valence-electron chi connectivity index (χ2n) is 6.80. The Labute approximate surface area is 170 Å². The predicted molar refractivity (Wildman–Crippen MR) is 108 cm³/mol. The van der Waals surface area contributed by atoms with E-state index in [4.69, 9.17) is 0 Å². The standard InChI is InChI=1S/C19H18N6O3S/c1-12-6-7-15(10-13(12)2)24-19(20-21-22-24)29-17-8-9-23(18(17)26)14-4-3-5-16(11-14)25(27)28/h3-7,10-11,17H,8-9H2,1-2H3. The summed E-state index contributed by atoms with van der Waals surface area (Å²) >= 11 is 1.31.